The molecule has 0 saturated carbocycles. The lowest BCUT2D eigenvalue weighted by molar-refractivity contribution is -0.123. The molecule has 0 aliphatic carbocycles. The summed E-state index contributed by atoms with van der Waals surface area (Å²) in [6, 6.07) is 7.63. The van der Waals surface area contributed by atoms with Crippen molar-refractivity contribution in [1.29, 1.82) is 0 Å². The van der Waals surface area contributed by atoms with Crippen LogP contribution in [0, 0.1) is 5.92 Å². The van der Waals surface area contributed by atoms with Crippen LogP contribution in [-0.4, -0.2) is 50.1 Å². The number of nitrogens with one attached hydrogen (secondary N) is 2. The van der Waals surface area contributed by atoms with Crippen LogP contribution in [0.3, 0.4) is 0 Å². The third-order valence-corrected chi connectivity index (χ3v) is 4.55. The van der Waals surface area contributed by atoms with Crippen LogP contribution in [0.1, 0.15) is 31.7 Å². The van der Waals surface area contributed by atoms with Crippen molar-refractivity contribution in [3.8, 4) is 0 Å². The Morgan fingerprint density at radius 3 is 2.74 bits per heavy atom. The van der Waals surface area contributed by atoms with Gasteiger partial charge in [0.15, 0.2) is 0 Å². The Hall–Kier alpha value is -1.10. The zero-order valence-corrected chi connectivity index (χ0v) is 14.9. The highest BCUT2D eigenvalue weighted by molar-refractivity contribution is 6.30. The van der Waals surface area contributed by atoms with Crippen molar-refractivity contribution in [3.63, 3.8) is 0 Å². The van der Waals surface area contributed by atoms with E-state index in [9.17, 15) is 4.79 Å². The van der Waals surface area contributed by atoms with Crippen molar-refractivity contribution in [2.45, 2.75) is 26.2 Å². The highest BCUT2D eigenvalue weighted by atomic mass is 35.5. The molecule has 0 bridgehead atoms. The van der Waals surface area contributed by atoms with Crippen LogP contribution >= 0.6 is 11.6 Å². The third kappa shape index (κ3) is 5.79. The SMILES string of the molecule is CC(C)C(C(=O)NCCCN1CCNCC1)c1cccc(Cl)c1. The van der Waals surface area contributed by atoms with Crippen LogP contribution in [0.15, 0.2) is 24.3 Å². The minimum absolute atomic E-state index is 0.0996. The molecule has 1 amide bonds. The zero-order chi connectivity index (χ0) is 16.7. The average Bonchev–Trinajstić information content (AvgIpc) is 2.52. The smallest absolute Gasteiger partial charge is 0.227 e. The van der Waals surface area contributed by atoms with E-state index in [4.69, 9.17) is 11.6 Å². The topological polar surface area (TPSA) is 44.4 Å². The number of carbonyl (C=O) groups excluding carboxylic acids is 1. The van der Waals surface area contributed by atoms with Gasteiger partial charge in [0, 0.05) is 37.7 Å². The van der Waals surface area contributed by atoms with E-state index in [1.807, 2.05) is 24.3 Å². The monoisotopic (exact) mass is 337 g/mol. The summed E-state index contributed by atoms with van der Waals surface area (Å²) in [5.41, 5.74) is 0.993. The highest BCUT2D eigenvalue weighted by Gasteiger charge is 2.24. The first-order valence-corrected chi connectivity index (χ1v) is 8.92. The van der Waals surface area contributed by atoms with Gasteiger partial charge in [-0.1, -0.05) is 37.6 Å². The lowest BCUT2D eigenvalue weighted by atomic mass is 9.87. The average molecular weight is 338 g/mol. The Kier molecular flexibility index (Phi) is 7.34. The van der Waals surface area contributed by atoms with Crippen LogP contribution in [0.25, 0.3) is 0 Å². The molecular weight excluding hydrogens is 310 g/mol. The summed E-state index contributed by atoms with van der Waals surface area (Å²) in [5.74, 6) is 0.192. The molecule has 1 unspecified atom stereocenters. The van der Waals surface area contributed by atoms with E-state index in [0.717, 1.165) is 51.3 Å². The van der Waals surface area contributed by atoms with Gasteiger partial charge in [-0.2, -0.15) is 0 Å². The minimum Gasteiger partial charge on any atom is -0.356 e. The van der Waals surface area contributed by atoms with Crippen molar-refractivity contribution in [1.82, 2.24) is 15.5 Å². The molecule has 23 heavy (non-hydrogen) atoms. The number of hydrogen-bond donors (Lipinski definition) is 2. The van der Waals surface area contributed by atoms with Gasteiger partial charge < -0.3 is 15.5 Å². The Bertz CT molecular complexity index is 501. The van der Waals surface area contributed by atoms with Crippen LogP contribution in [0.2, 0.25) is 5.02 Å². The molecule has 1 fully saturated rings. The zero-order valence-electron chi connectivity index (χ0n) is 14.1. The molecule has 5 heteroatoms. The molecule has 0 radical (unpaired) electrons. The normalized spacial score (nSPS) is 17.2. The molecule has 4 nitrogen and oxygen atoms in total. The summed E-state index contributed by atoms with van der Waals surface area (Å²) < 4.78 is 0. The Morgan fingerprint density at radius 1 is 1.35 bits per heavy atom. The van der Waals surface area contributed by atoms with Crippen molar-refractivity contribution >= 4 is 17.5 Å². The number of amides is 1. The number of halogens is 1. The van der Waals surface area contributed by atoms with E-state index >= 15 is 0 Å². The Balaban J connectivity index is 1.81. The molecule has 0 aromatic heterocycles. The quantitative estimate of drug-likeness (QED) is 0.751. The van der Waals surface area contributed by atoms with E-state index in [1.54, 1.807) is 0 Å². The second kappa shape index (κ2) is 9.26. The van der Waals surface area contributed by atoms with E-state index < -0.39 is 0 Å². The van der Waals surface area contributed by atoms with Gasteiger partial charge in [-0.25, -0.2) is 0 Å². The molecule has 1 heterocycles. The van der Waals surface area contributed by atoms with Crippen LogP contribution < -0.4 is 10.6 Å². The largest absolute Gasteiger partial charge is 0.356 e. The number of carbonyl (C=O) groups is 1. The van der Waals surface area contributed by atoms with E-state index in [-0.39, 0.29) is 17.7 Å². The van der Waals surface area contributed by atoms with Gasteiger partial charge >= 0.3 is 0 Å². The Morgan fingerprint density at radius 2 is 2.09 bits per heavy atom. The van der Waals surface area contributed by atoms with Crippen molar-refractivity contribution in [2.24, 2.45) is 5.92 Å². The van der Waals surface area contributed by atoms with Crippen molar-refractivity contribution < 1.29 is 4.79 Å². The number of hydrogen-bond acceptors (Lipinski definition) is 3. The summed E-state index contributed by atoms with van der Waals surface area (Å²) in [5, 5.41) is 7.13. The standard InChI is InChI=1S/C18H28ClN3O/c1-14(2)17(15-5-3-6-16(19)13-15)18(23)21-7-4-10-22-11-8-20-9-12-22/h3,5-6,13-14,17,20H,4,7-12H2,1-2H3,(H,21,23). The summed E-state index contributed by atoms with van der Waals surface area (Å²) in [6.07, 6.45) is 0.992. The number of nitrogens with zero attached hydrogens (tertiary/aromatic N) is 1. The predicted molar refractivity (Wildman–Crippen MR) is 96.0 cm³/mol. The van der Waals surface area contributed by atoms with Crippen molar-refractivity contribution in [2.75, 3.05) is 39.3 Å². The summed E-state index contributed by atoms with van der Waals surface area (Å²) in [4.78, 5) is 15.0. The fraction of sp³-hybridized carbons (Fsp3) is 0.611. The predicted octanol–water partition coefficient (Wildman–Crippen LogP) is 2.49. The molecule has 2 rings (SSSR count). The van der Waals surface area contributed by atoms with Gasteiger partial charge in [0.25, 0.3) is 0 Å². The summed E-state index contributed by atoms with van der Waals surface area (Å²) in [6.45, 7) is 10.3. The third-order valence-electron chi connectivity index (χ3n) is 4.32. The molecule has 1 saturated heterocycles. The summed E-state index contributed by atoms with van der Waals surface area (Å²) in [7, 11) is 0. The van der Waals surface area contributed by atoms with E-state index in [1.165, 1.54) is 0 Å². The molecule has 0 spiro atoms. The molecule has 1 aliphatic heterocycles. The molecular formula is C18H28ClN3O. The van der Waals surface area contributed by atoms with Gasteiger partial charge in [0.05, 0.1) is 5.92 Å². The highest BCUT2D eigenvalue weighted by Crippen LogP contribution is 2.26. The van der Waals surface area contributed by atoms with Gasteiger partial charge in [-0.15, -0.1) is 0 Å². The molecule has 1 aromatic rings. The minimum atomic E-state index is -0.145. The van der Waals surface area contributed by atoms with Gasteiger partial charge in [0.1, 0.15) is 0 Å². The maximum absolute atomic E-state index is 12.6. The van der Waals surface area contributed by atoms with Gasteiger partial charge in [-0.3, -0.25) is 4.79 Å². The summed E-state index contributed by atoms with van der Waals surface area (Å²) >= 11 is 6.07. The first kappa shape index (κ1) is 18.2. The van der Waals surface area contributed by atoms with E-state index in [0.29, 0.717) is 5.02 Å². The lowest BCUT2D eigenvalue weighted by Crippen LogP contribution is -2.44. The number of rotatable bonds is 7. The maximum atomic E-state index is 12.6. The second-order valence-corrected chi connectivity index (χ2v) is 6.95. The maximum Gasteiger partial charge on any atom is 0.227 e. The first-order chi connectivity index (χ1) is 11.1. The molecule has 2 N–H and O–H groups in total. The Labute approximate surface area is 144 Å². The molecule has 1 atom stereocenters. The van der Waals surface area contributed by atoms with E-state index in [2.05, 4.69) is 29.4 Å². The lowest BCUT2D eigenvalue weighted by Gasteiger charge is -2.27. The van der Waals surface area contributed by atoms with Crippen LogP contribution in [0.4, 0.5) is 0 Å². The van der Waals surface area contributed by atoms with Gasteiger partial charge in [-0.05, 0) is 36.6 Å². The molecule has 128 valence electrons. The van der Waals surface area contributed by atoms with Gasteiger partial charge in [0.2, 0.25) is 5.91 Å². The molecule has 1 aromatic carbocycles. The number of piperazine rings is 1. The first-order valence-electron chi connectivity index (χ1n) is 8.54. The van der Waals surface area contributed by atoms with Crippen LogP contribution in [0.5, 0.6) is 0 Å². The fourth-order valence-electron chi connectivity index (χ4n) is 3.10. The molecule has 1 aliphatic rings. The van der Waals surface area contributed by atoms with Crippen molar-refractivity contribution in [3.05, 3.63) is 34.9 Å². The second-order valence-electron chi connectivity index (χ2n) is 6.51. The van der Waals surface area contributed by atoms with Crippen LogP contribution in [-0.2, 0) is 4.79 Å². The fourth-order valence-corrected chi connectivity index (χ4v) is 3.30. The number of benzene rings is 1.